The second-order valence-electron chi connectivity index (χ2n) is 5.99. The zero-order chi connectivity index (χ0) is 13.3. The van der Waals surface area contributed by atoms with Gasteiger partial charge in [0.25, 0.3) is 0 Å². The van der Waals surface area contributed by atoms with Crippen LogP contribution in [0.1, 0.15) is 27.7 Å². The van der Waals surface area contributed by atoms with Crippen molar-refractivity contribution in [2.45, 2.75) is 45.4 Å². The minimum Gasteiger partial charge on any atom is -0.444 e. The molecule has 104 valence electrons. The van der Waals surface area contributed by atoms with Crippen LogP contribution in [-0.2, 0) is 9.47 Å². The van der Waals surface area contributed by atoms with E-state index in [0.717, 1.165) is 19.7 Å². The van der Waals surface area contributed by atoms with Crippen LogP contribution in [0.5, 0.6) is 0 Å². The van der Waals surface area contributed by atoms with Gasteiger partial charge in [0.1, 0.15) is 5.60 Å². The molecule has 0 spiro atoms. The highest BCUT2D eigenvalue weighted by molar-refractivity contribution is 5.68. The van der Waals surface area contributed by atoms with Crippen LogP contribution in [-0.4, -0.2) is 66.4 Å². The molecule has 0 saturated carbocycles. The molecule has 0 aromatic heterocycles. The van der Waals surface area contributed by atoms with Crippen LogP contribution < -0.4 is 0 Å². The third kappa shape index (κ3) is 2.95. The molecule has 0 radical (unpaired) electrons. The molecule has 2 fully saturated rings. The Morgan fingerprint density at radius 2 is 2.11 bits per heavy atom. The maximum atomic E-state index is 12.0. The summed E-state index contributed by atoms with van der Waals surface area (Å²) >= 11 is 0. The standard InChI is InChI=1S/C13H24N2O3/c1-5-14-6-7-17-11-9-15(8-10(11)14)12(16)18-13(2,3)4/h10-11H,5-9H2,1-4H3. The van der Waals surface area contributed by atoms with E-state index in [2.05, 4.69) is 11.8 Å². The molecule has 5 heteroatoms. The Morgan fingerprint density at radius 1 is 1.39 bits per heavy atom. The number of morpholine rings is 1. The molecule has 2 unspecified atom stereocenters. The number of ether oxygens (including phenoxy) is 2. The Balaban J connectivity index is 1.96. The first kappa shape index (κ1) is 13.6. The van der Waals surface area contributed by atoms with Crippen molar-refractivity contribution in [3.05, 3.63) is 0 Å². The van der Waals surface area contributed by atoms with Gasteiger partial charge >= 0.3 is 6.09 Å². The maximum Gasteiger partial charge on any atom is 0.410 e. The fourth-order valence-electron chi connectivity index (χ4n) is 2.63. The number of fused-ring (bicyclic) bond motifs is 1. The summed E-state index contributed by atoms with van der Waals surface area (Å²) in [5.41, 5.74) is -0.434. The predicted molar refractivity (Wildman–Crippen MR) is 68.6 cm³/mol. The molecule has 18 heavy (non-hydrogen) atoms. The minimum atomic E-state index is -0.434. The van der Waals surface area contributed by atoms with Gasteiger partial charge in [0.15, 0.2) is 0 Å². The summed E-state index contributed by atoms with van der Waals surface area (Å²) in [6.45, 7) is 11.9. The van der Waals surface area contributed by atoms with Crippen molar-refractivity contribution in [3.8, 4) is 0 Å². The van der Waals surface area contributed by atoms with Gasteiger partial charge in [0.05, 0.1) is 25.3 Å². The SMILES string of the molecule is CCN1CCOC2CN(C(=O)OC(C)(C)C)CC21. The van der Waals surface area contributed by atoms with E-state index in [4.69, 9.17) is 9.47 Å². The molecule has 0 aliphatic carbocycles. The number of likely N-dealkylation sites (tertiary alicyclic amines) is 1. The van der Waals surface area contributed by atoms with E-state index in [1.54, 1.807) is 4.90 Å². The van der Waals surface area contributed by atoms with Crippen LogP contribution in [0, 0.1) is 0 Å². The molecule has 0 N–H and O–H groups in total. The van der Waals surface area contributed by atoms with E-state index < -0.39 is 5.60 Å². The van der Waals surface area contributed by atoms with Gasteiger partial charge in [-0.25, -0.2) is 4.79 Å². The van der Waals surface area contributed by atoms with Crippen molar-refractivity contribution in [2.75, 3.05) is 32.8 Å². The number of hydrogen-bond donors (Lipinski definition) is 0. The first-order valence-corrected chi connectivity index (χ1v) is 6.74. The second-order valence-corrected chi connectivity index (χ2v) is 5.99. The lowest BCUT2D eigenvalue weighted by Gasteiger charge is -2.35. The summed E-state index contributed by atoms with van der Waals surface area (Å²) in [7, 11) is 0. The van der Waals surface area contributed by atoms with Gasteiger partial charge in [0.2, 0.25) is 0 Å². The number of nitrogens with zero attached hydrogens (tertiary/aromatic N) is 2. The first-order valence-electron chi connectivity index (χ1n) is 6.74. The Morgan fingerprint density at radius 3 is 2.72 bits per heavy atom. The van der Waals surface area contributed by atoms with Gasteiger partial charge in [-0.2, -0.15) is 0 Å². The van der Waals surface area contributed by atoms with Crippen LogP contribution in [0.25, 0.3) is 0 Å². The quantitative estimate of drug-likeness (QED) is 0.710. The molecule has 2 saturated heterocycles. The summed E-state index contributed by atoms with van der Waals surface area (Å²) in [5.74, 6) is 0. The lowest BCUT2D eigenvalue weighted by atomic mass is 10.1. The average Bonchev–Trinajstić information content (AvgIpc) is 2.70. The molecule has 2 atom stereocenters. The van der Waals surface area contributed by atoms with Gasteiger partial charge in [0, 0.05) is 13.1 Å². The molecule has 0 aromatic rings. The van der Waals surface area contributed by atoms with Gasteiger partial charge in [-0.1, -0.05) is 6.92 Å². The largest absolute Gasteiger partial charge is 0.444 e. The molecule has 2 rings (SSSR count). The smallest absolute Gasteiger partial charge is 0.410 e. The normalized spacial score (nSPS) is 29.2. The lowest BCUT2D eigenvalue weighted by molar-refractivity contribution is -0.0452. The second kappa shape index (κ2) is 5.05. The topological polar surface area (TPSA) is 42.0 Å². The Hall–Kier alpha value is -0.810. The van der Waals surface area contributed by atoms with Gasteiger partial charge < -0.3 is 14.4 Å². The fourth-order valence-corrected chi connectivity index (χ4v) is 2.63. The third-order valence-corrected chi connectivity index (χ3v) is 3.47. The molecule has 2 aliphatic heterocycles. The van der Waals surface area contributed by atoms with Crippen LogP contribution in [0.4, 0.5) is 4.79 Å². The Labute approximate surface area is 109 Å². The maximum absolute atomic E-state index is 12.0. The molecule has 5 nitrogen and oxygen atoms in total. The monoisotopic (exact) mass is 256 g/mol. The molecule has 0 bridgehead atoms. The van der Waals surface area contributed by atoms with Crippen molar-refractivity contribution >= 4 is 6.09 Å². The van der Waals surface area contributed by atoms with Crippen molar-refractivity contribution in [3.63, 3.8) is 0 Å². The predicted octanol–water partition coefficient (Wildman–Crippen LogP) is 1.33. The van der Waals surface area contributed by atoms with E-state index in [0.29, 0.717) is 19.1 Å². The summed E-state index contributed by atoms with van der Waals surface area (Å²) in [6.07, 6.45) is -0.0808. The number of carbonyl (C=O) groups is 1. The van der Waals surface area contributed by atoms with Crippen molar-refractivity contribution in [1.82, 2.24) is 9.80 Å². The molecule has 2 aliphatic rings. The van der Waals surface area contributed by atoms with Crippen molar-refractivity contribution in [1.29, 1.82) is 0 Å². The Bertz CT molecular complexity index is 314. The molecule has 1 amide bonds. The molecular weight excluding hydrogens is 232 g/mol. The summed E-state index contributed by atoms with van der Waals surface area (Å²) in [5, 5.41) is 0. The van der Waals surface area contributed by atoms with Crippen LogP contribution >= 0.6 is 0 Å². The third-order valence-electron chi connectivity index (χ3n) is 3.47. The average molecular weight is 256 g/mol. The zero-order valence-corrected chi connectivity index (χ0v) is 11.8. The van der Waals surface area contributed by atoms with Gasteiger partial charge in [-0.3, -0.25) is 4.90 Å². The molecule has 2 heterocycles. The number of amides is 1. The van der Waals surface area contributed by atoms with Crippen LogP contribution in [0.3, 0.4) is 0 Å². The van der Waals surface area contributed by atoms with E-state index in [-0.39, 0.29) is 12.2 Å². The highest BCUT2D eigenvalue weighted by Gasteiger charge is 2.42. The van der Waals surface area contributed by atoms with E-state index >= 15 is 0 Å². The molecule has 0 aromatic carbocycles. The van der Waals surface area contributed by atoms with Gasteiger partial charge in [-0.05, 0) is 27.3 Å². The van der Waals surface area contributed by atoms with Crippen LogP contribution in [0.15, 0.2) is 0 Å². The lowest BCUT2D eigenvalue weighted by Crippen LogP contribution is -2.50. The number of carbonyl (C=O) groups excluding carboxylic acids is 1. The summed E-state index contributed by atoms with van der Waals surface area (Å²) in [4.78, 5) is 16.2. The fraction of sp³-hybridized carbons (Fsp3) is 0.923. The highest BCUT2D eigenvalue weighted by Crippen LogP contribution is 2.24. The zero-order valence-electron chi connectivity index (χ0n) is 11.8. The van der Waals surface area contributed by atoms with Crippen molar-refractivity contribution < 1.29 is 14.3 Å². The number of rotatable bonds is 1. The van der Waals surface area contributed by atoms with Crippen LogP contribution in [0.2, 0.25) is 0 Å². The summed E-state index contributed by atoms with van der Waals surface area (Å²) in [6, 6.07) is 0.330. The number of likely N-dealkylation sites (N-methyl/N-ethyl adjacent to an activating group) is 1. The van der Waals surface area contributed by atoms with E-state index in [9.17, 15) is 4.79 Å². The Kier molecular flexibility index (Phi) is 3.82. The minimum absolute atomic E-state index is 0.145. The summed E-state index contributed by atoms with van der Waals surface area (Å²) < 4.78 is 11.2. The van der Waals surface area contributed by atoms with E-state index in [1.165, 1.54) is 0 Å². The molecular formula is C13H24N2O3. The van der Waals surface area contributed by atoms with Crippen molar-refractivity contribution in [2.24, 2.45) is 0 Å². The number of hydrogen-bond acceptors (Lipinski definition) is 4. The van der Waals surface area contributed by atoms with Gasteiger partial charge in [-0.15, -0.1) is 0 Å². The van der Waals surface area contributed by atoms with E-state index in [1.807, 2.05) is 20.8 Å². The first-order chi connectivity index (χ1) is 8.40. The highest BCUT2D eigenvalue weighted by atomic mass is 16.6.